The zero-order valence-corrected chi connectivity index (χ0v) is 10.8. The van der Waals surface area contributed by atoms with Crippen LogP contribution >= 0.6 is 0 Å². The first-order valence-corrected chi connectivity index (χ1v) is 6.14. The van der Waals surface area contributed by atoms with Gasteiger partial charge >= 0.3 is 6.61 Å². The van der Waals surface area contributed by atoms with Crippen LogP contribution in [-0.4, -0.2) is 26.5 Å². The number of aromatic nitrogens is 4. The van der Waals surface area contributed by atoms with Crippen LogP contribution in [0.15, 0.2) is 36.8 Å². The Morgan fingerprint density at radius 3 is 3.05 bits per heavy atom. The summed E-state index contributed by atoms with van der Waals surface area (Å²) in [6, 6.07) is 6.44. The van der Waals surface area contributed by atoms with Crippen LogP contribution in [0.3, 0.4) is 0 Å². The van der Waals surface area contributed by atoms with Gasteiger partial charge in [-0.05, 0) is 17.7 Å². The molecule has 2 aromatic heterocycles. The second-order valence-electron chi connectivity index (χ2n) is 4.21. The van der Waals surface area contributed by atoms with Crippen molar-refractivity contribution in [2.75, 3.05) is 5.32 Å². The zero-order valence-electron chi connectivity index (χ0n) is 10.8. The highest BCUT2D eigenvalue weighted by Crippen LogP contribution is 2.16. The molecular weight excluding hydrogens is 280 g/mol. The van der Waals surface area contributed by atoms with E-state index in [1.807, 2.05) is 0 Å². The molecule has 0 spiro atoms. The molecule has 1 aromatic carbocycles. The van der Waals surface area contributed by atoms with Gasteiger partial charge in [-0.2, -0.15) is 13.8 Å². The lowest BCUT2D eigenvalue weighted by Gasteiger charge is -2.08. The number of hydrogen-bond acceptors (Lipinski definition) is 5. The predicted octanol–water partition coefficient (Wildman–Crippen LogP) is 2.57. The van der Waals surface area contributed by atoms with Crippen LogP contribution in [0, 0.1) is 0 Å². The van der Waals surface area contributed by atoms with E-state index in [0.717, 1.165) is 11.1 Å². The van der Waals surface area contributed by atoms with Gasteiger partial charge in [-0.1, -0.05) is 12.1 Å². The minimum atomic E-state index is -2.83. The monoisotopic (exact) mass is 291 g/mol. The van der Waals surface area contributed by atoms with Gasteiger partial charge in [0.25, 0.3) is 0 Å². The lowest BCUT2D eigenvalue weighted by atomic mass is 10.2. The normalized spacial score (nSPS) is 11.0. The number of benzene rings is 1. The van der Waals surface area contributed by atoms with Crippen LogP contribution < -0.4 is 10.1 Å². The Morgan fingerprint density at radius 1 is 1.29 bits per heavy atom. The van der Waals surface area contributed by atoms with Gasteiger partial charge in [0, 0.05) is 6.54 Å². The predicted molar refractivity (Wildman–Crippen MR) is 72.1 cm³/mol. The Kier molecular flexibility index (Phi) is 3.59. The van der Waals surface area contributed by atoms with Crippen molar-refractivity contribution in [2.24, 2.45) is 0 Å². The van der Waals surface area contributed by atoms with Gasteiger partial charge in [-0.25, -0.2) is 9.97 Å². The van der Waals surface area contributed by atoms with E-state index in [4.69, 9.17) is 0 Å². The smallest absolute Gasteiger partial charge is 0.387 e. The molecule has 3 aromatic rings. The maximum atomic E-state index is 12.2. The van der Waals surface area contributed by atoms with E-state index in [1.54, 1.807) is 18.3 Å². The third-order valence-corrected chi connectivity index (χ3v) is 2.75. The van der Waals surface area contributed by atoms with E-state index in [-0.39, 0.29) is 5.75 Å². The van der Waals surface area contributed by atoms with Gasteiger partial charge in [0.15, 0.2) is 5.65 Å². The van der Waals surface area contributed by atoms with Gasteiger partial charge in [0.1, 0.15) is 11.3 Å². The summed E-state index contributed by atoms with van der Waals surface area (Å²) in [6.07, 6.45) is 3.16. The van der Waals surface area contributed by atoms with Crippen molar-refractivity contribution >= 4 is 17.1 Å². The van der Waals surface area contributed by atoms with Crippen LogP contribution in [0.4, 0.5) is 14.7 Å². The summed E-state index contributed by atoms with van der Waals surface area (Å²) in [5, 5.41) is 3.00. The van der Waals surface area contributed by atoms with Crippen molar-refractivity contribution in [1.29, 1.82) is 0 Å². The molecule has 0 aliphatic carbocycles. The van der Waals surface area contributed by atoms with Crippen molar-refractivity contribution in [3.63, 3.8) is 0 Å². The van der Waals surface area contributed by atoms with Gasteiger partial charge in [0.05, 0.1) is 12.5 Å². The molecule has 0 fully saturated rings. The molecule has 0 atom stereocenters. The maximum Gasteiger partial charge on any atom is 0.387 e. The summed E-state index contributed by atoms with van der Waals surface area (Å²) in [4.78, 5) is 15.3. The Morgan fingerprint density at radius 2 is 2.19 bits per heavy atom. The van der Waals surface area contributed by atoms with Gasteiger partial charge in [-0.15, -0.1) is 0 Å². The van der Waals surface area contributed by atoms with Gasteiger partial charge in [0.2, 0.25) is 5.95 Å². The van der Waals surface area contributed by atoms with Gasteiger partial charge < -0.3 is 15.0 Å². The lowest BCUT2D eigenvalue weighted by Crippen LogP contribution is -2.05. The minimum absolute atomic E-state index is 0.118. The Balaban J connectivity index is 1.69. The fourth-order valence-corrected chi connectivity index (χ4v) is 1.83. The third kappa shape index (κ3) is 3.22. The highest BCUT2D eigenvalue weighted by atomic mass is 19.3. The topological polar surface area (TPSA) is 75.7 Å². The summed E-state index contributed by atoms with van der Waals surface area (Å²) in [5.74, 6) is 0.530. The second-order valence-corrected chi connectivity index (χ2v) is 4.21. The highest BCUT2D eigenvalue weighted by molar-refractivity contribution is 5.69. The molecule has 2 heterocycles. The number of anilines is 1. The quantitative estimate of drug-likeness (QED) is 0.755. The number of ether oxygens (including phenoxy) is 1. The number of rotatable bonds is 5. The summed E-state index contributed by atoms with van der Waals surface area (Å²) in [7, 11) is 0. The van der Waals surface area contributed by atoms with E-state index >= 15 is 0 Å². The number of hydrogen-bond donors (Lipinski definition) is 2. The fourth-order valence-electron chi connectivity index (χ4n) is 1.83. The first-order valence-electron chi connectivity index (χ1n) is 6.14. The molecule has 108 valence electrons. The van der Waals surface area contributed by atoms with Crippen LogP contribution in [0.2, 0.25) is 0 Å². The first kappa shape index (κ1) is 13.2. The molecule has 0 unspecified atom stereocenters. The summed E-state index contributed by atoms with van der Waals surface area (Å²) in [6.45, 7) is -2.45. The maximum absolute atomic E-state index is 12.2. The third-order valence-electron chi connectivity index (χ3n) is 2.75. The number of fused-ring (bicyclic) bond motifs is 1. The van der Waals surface area contributed by atoms with Crippen LogP contribution in [0.25, 0.3) is 11.2 Å². The number of H-pyrrole nitrogens is 1. The summed E-state index contributed by atoms with van der Waals surface area (Å²) in [5.41, 5.74) is 2.08. The number of nitrogens with one attached hydrogen (secondary N) is 2. The molecule has 0 aliphatic heterocycles. The van der Waals surface area contributed by atoms with Crippen molar-refractivity contribution in [1.82, 2.24) is 19.9 Å². The van der Waals surface area contributed by atoms with Gasteiger partial charge in [-0.3, -0.25) is 0 Å². The molecule has 0 radical (unpaired) electrons. The molecule has 0 saturated carbocycles. The first-order chi connectivity index (χ1) is 10.2. The van der Waals surface area contributed by atoms with E-state index in [0.29, 0.717) is 18.1 Å². The van der Waals surface area contributed by atoms with Crippen molar-refractivity contribution in [2.45, 2.75) is 13.2 Å². The van der Waals surface area contributed by atoms with Crippen molar-refractivity contribution in [3.8, 4) is 5.75 Å². The molecule has 0 aliphatic rings. The molecule has 21 heavy (non-hydrogen) atoms. The SMILES string of the molecule is FC(F)Oc1cccc(CNc2ncc3[nH]cnc3n2)c1. The molecule has 0 bridgehead atoms. The highest BCUT2D eigenvalue weighted by Gasteiger charge is 2.05. The fraction of sp³-hybridized carbons (Fsp3) is 0.154. The largest absolute Gasteiger partial charge is 0.435 e. The van der Waals surface area contributed by atoms with E-state index in [9.17, 15) is 8.78 Å². The van der Waals surface area contributed by atoms with Crippen molar-refractivity contribution in [3.05, 3.63) is 42.4 Å². The average molecular weight is 291 g/mol. The molecule has 3 rings (SSSR count). The molecule has 8 heteroatoms. The number of imidazole rings is 1. The lowest BCUT2D eigenvalue weighted by molar-refractivity contribution is -0.0498. The molecule has 0 saturated heterocycles. The molecule has 0 amide bonds. The van der Waals surface area contributed by atoms with E-state index < -0.39 is 6.61 Å². The Hall–Kier alpha value is -2.77. The number of aromatic amines is 1. The number of halogens is 2. The second kappa shape index (κ2) is 5.70. The number of nitrogens with zero attached hydrogens (tertiary/aromatic N) is 3. The average Bonchev–Trinajstić information content (AvgIpc) is 2.92. The standard InChI is InChI=1S/C13H11F2N5O/c14-12(15)21-9-3-1-2-8(4-9)5-16-13-17-6-10-11(20-13)19-7-18-10/h1-4,6-7,12H,5H2,(H2,16,17,18,19,20). The van der Waals surface area contributed by atoms with Crippen LogP contribution in [0.5, 0.6) is 5.75 Å². The van der Waals surface area contributed by atoms with Crippen LogP contribution in [-0.2, 0) is 6.54 Å². The van der Waals surface area contributed by atoms with Crippen molar-refractivity contribution < 1.29 is 13.5 Å². The summed E-state index contributed by atoms with van der Waals surface area (Å²) < 4.78 is 28.7. The van der Waals surface area contributed by atoms with E-state index in [2.05, 4.69) is 30.0 Å². The minimum Gasteiger partial charge on any atom is -0.435 e. The van der Waals surface area contributed by atoms with Crippen LogP contribution in [0.1, 0.15) is 5.56 Å². The molecular formula is C13H11F2N5O. The Bertz CT molecular complexity index is 746. The zero-order chi connectivity index (χ0) is 14.7. The molecule has 6 nitrogen and oxygen atoms in total. The molecule has 2 N–H and O–H groups in total. The Labute approximate surface area is 118 Å². The number of alkyl halides is 2. The van der Waals surface area contributed by atoms with E-state index in [1.165, 1.54) is 18.5 Å². The summed E-state index contributed by atoms with van der Waals surface area (Å²) >= 11 is 0.